The second-order valence-electron chi connectivity index (χ2n) is 10.0. The first kappa shape index (κ1) is 20.3. The van der Waals surface area contributed by atoms with Gasteiger partial charge in [0.1, 0.15) is 5.82 Å². The van der Waals surface area contributed by atoms with Gasteiger partial charge in [-0.2, -0.15) is 0 Å². The number of amides is 2. The number of rotatable bonds is 4. The molecule has 5 aliphatic rings. The van der Waals surface area contributed by atoms with Gasteiger partial charge in [0.15, 0.2) is 0 Å². The summed E-state index contributed by atoms with van der Waals surface area (Å²) in [6, 6.07) is 5.91. The average molecular weight is 434 g/mol. The number of carbonyl (C=O) groups is 2. The van der Waals surface area contributed by atoms with E-state index in [1.807, 2.05) is 4.90 Å². The molecule has 4 bridgehead atoms. The van der Waals surface area contributed by atoms with Crippen LogP contribution in [-0.2, 0) is 9.59 Å². The van der Waals surface area contributed by atoms with Gasteiger partial charge in [-0.15, -0.1) is 11.6 Å². The van der Waals surface area contributed by atoms with Crippen molar-refractivity contribution in [2.75, 3.05) is 38.0 Å². The lowest BCUT2D eigenvalue weighted by Crippen LogP contribution is -2.61. The van der Waals surface area contributed by atoms with E-state index in [0.717, 1.165) is 32.1 Å². The largest absolute Gasteiger partial charge is 0.340 e. The molecular formula is C23H29ClFN3O2. The van der Waals surface area contributed by atoms with E-state index >= 15 is 0 Å². The van der Waals surface area contributed by atoms with Crippen LogP contribution in [0.5, 0.6) is 0 Å². The van der Waals surface area contributed by atoms with Crippen LogP contribution in [0.3, 0.4) is 0 Å². The smallest absolute Gasteiger partial charge is 0.238 e. The minimum atomic E-state index is -0.372. The van der Waals surface area contributed by atoms with Gasteiger partial charge in [0.2, 0.25) is 11.8 Å². The van der Waals surface area contributed by atoms with E-state index < -0.39 is 0 Å². The lowest BCUT2D eigenvalue weighted by Gasteiger charge is -2.60. The van der Waals surface area contributed by atoms with Gasteiger partial charge in [0.05, 0.1) is 12.0 Å². The molecule has 1 N–H and O–H groups in total. The van der Waals surface area contributed by atoms with Gasteiger partial charge in [-0.25, -0.2) is 4.39 Å². The Hall–Kier alpha value is -1.66. The lowest BCUT2D eigenvalue weighted by atomic mass is 9.49. The number of piperazine rings is 1. The maximum absolute atomic E-state index is 13.5. The monoisotopic (exact) mass is 433 g/mol. The van der Waals surface area contributed by atoms with Crippen molar-refractivity contribution in [2.45, 2.75) is 43.4 Å². The van der Waals surface area contributed by atoms with Crippen molar-refractivity contribution in [3.05, 3.63) is 30.1 Å². The number of hydrogen-bond acceptors (Lipinski definition) is 3. The fourth-order valence-electron chi connectivity index (χ4n) is 6.82. The zero-order valence-electron chi connectivity index (χ0n) is 17.2. The molecule has 5 fully saturated rings. The topological polar surface area (TPSA) is 52.7 Å². The molecule has 5 nitrogen and oxygen atoms in total. The molecule has 6 rings (SSSR count). The quantitative estimate of drug-likeness (QED) is 0.739. The Labute approximate surface area is 181 Å². The molecule has 4 aliphatic carbocycles. The van der Waals surface area contributed by atoms with E-state index in [0.29, 0.717) is 49.6 Å². The fourth-order valence-corrected chi connectivity index (χ4v) is 7.51. The predicted octanol–water partition coefficient (Wildman–Crippen LogP) is 3.49. The number of halogens is 2. The van der Waals surface area contributed by atoms with Gasteiger partial charge in [-0.05, 0) is 68.6 Å². The molecule has 2 unspecified atom stereocenters. The Morgan fingerprint density at radius 1 is 1.10 bits per heavy atom. The van der Waals surface area contributed by atoms with Crippen LogP contribution in [0.25, 0.3) is 0 Å². The first-order valence-corrected chi connectivity index (χ1v) is 11.5. The summed E-state index contributed by atoms with van der Waals surface area (Å²) in [4.78, 5) is 29.7. The normalized spacial score (nSPS) is 35.5. The standard InChI is InChI=1S/C23H29ClFN3O2/c24-23-12-16-8-17(13-23)11-22(10-16,15-23)21(30)28-6-4-27(5-7-28)14-20(29)26-19-3-1-2-18(25)9-19/h1-3,9,16-17H,4-8,10-15H2,(H,26,29). The number of hydrogen-bond donors (Lipinski definition) is 1. The van der Waals surface area contributed by atoms with Crippen LogP contribution in [0.1, 0.15) is 38.5 Å². The predicted molar refractivity (Wildman–Crippen MR) is 114 cm³/mol. The van der Waals surface area contributed by atoms with Gasteiger partial charge in [0.25, 0.3) is 0 Å². The van der Waals surface area contributed by atoms with Crippen LogP contribution >= 0.6 is 11.6 Å². The Morgan fingerprint density at radius 2 is 1.80 bits per heavy atom. The molecule has 162 valence electrons. The van der Waals surface area contributed by atoms with Crippen LogP contribution < -0.4 is 5.32 Å². The Bertz CT molecular complexity index is 841. The van der Waals surface area contributed by atoms with E-state index in [9.17, 15) is 14.0 Å². The molecule has 1 saturated heterocycles. The zero-order chi connectivity index (χ0) is 20.9. The molecule has 1 aromatic carbocycles. The van der Waals surface area contributed by atoms with Crippen molar-refractivity contribution in [3.63, 3.8) is 0 Å². The summed E-state index contributed by atoms with van der Waals surface area (Å²) in [6.07, 6.45) is 6.25. The van der Waals surface area contributed by atoms with Crippen LogP contribution in [0.4, 0.5) is 10.1 Å². The number of nitrogens with zero attached hydrogens (tertiary/aromatic N) is 2. The zero-order valence-corrected chi connectivity index (χ0v) is 18.0. The summed E-state index contributed by atoms with van der Waals surface area (Å²) in [5.74, 6) is 0.986. The molecule has 4 saturated carbocycles. The third kappa shape index (κ3) is 3.84. The van der Waals surface area contributed by atoms with Gasteiger partial charge in [-0.3, -0.25) is 14.5 Å². The number of carbonyl (C=O) groups excluding carboxylic acids is 2. The van der Waals surface area contributed by atoms with E-state index in [4.69, 9.17) is 11.6 Å². The molecular weight excluding hydrogens is 405 g/mol. The van der Waals surface area contributed by atoms with Crippen LogP contribution in [0, 0.1) is 23.1 Å². The van der Waals surface area contributed by atoms with Gasteiger partial charge in [0, 0.05) is 36.7 Å². The number of alkyl halides is 1. The Kier molecular flexibility index (Phi) is 5.05. The minimum Gasteiger partial charge on any atom is -0.340 e. The summed E-state index contributed by atoms with van der Waals surface area (Å²) < 4.78 is 13.3. The second kappa shape index (κ2) is 7.49. The molecule has 1 heterocycles. The van der Waals surface area contributed by atoms with Gasteiger partial charge in [-0.1, -0.05) is 6.07 Å². The Morgan fingerprint density at radius 3 is 2.43 bits per heavy atom. The van der Waals surface area contributed by atoms with Crippen LogP contribution in [0.2, 0.25) is 0 Å². The highest BCUT2D eigenvalue weighted by atomic mass is 35.5. The average Bonchev–Trinajstić information content (AvgIpc) is 2.66. The van der Waals surface area contributed by atoms with E-state index in [-0.39, 0.29) is 28.6 Å². The summed E-state index contributed by atoms with van der Waals surface area (Å²) in [5.41, 5.74) is 0.216. The number of benzene rings is 1. The molecule has 1 aromatic rings. The maximum atomic E-state index is 13.5. The van der Waals surface area contributed by atoms with Crippen molar-refractivity contribution in [3.8, 4) is 0 Å². The number of nitrogens with one attached hydrogen (secondary N) is 1. The summed E-state index contributed by atoms with van der Waals surface area (Å²) >= 11 is 6.91. The molecule has 0 spiro atoms. The molecule has 1 aliphatic heterocycles. The van der Waals surface area contributed by atoms with Crippen LogP contribution in [0.15, 0.2) is 24.3 Å². The van der Waals surface area contributed by atoms with Crippen molar-refractivity contribution in [1.82, 2.24) is 9.80 Å². The van der Waals surface area contributed by atoms with Crippen molar-refractivity contribution in [2.24, 2.45) is 17.3 Å². The summed E-state index contributed by atoms with van der Waals surface area (Å²) in [7, 11) is 0. The fraction of sp³-hybridized carbons (Fsp3) is 0.652. The Balaban J connectivity index is 1.15. The van der Waals surface area contributed by atoms with Crippen molar-refractivity contribution < 1.29 is 14.0 Å². The first-order chi connectivity index (χ1) is 14.3. The first-order valence-electron chi connectivity index (χ1n) is 11.1. The third-order valence-corrected chi connectivity index (χ3v) is 8.02. The van der Waals surface area contributed by atoms with E-state index in [1.54, 1.807) is 12.1 Å². The highest BCUT2D eigenvalue weighted by molar-refractivity contribution is 6.24. The lowest BCUT2D eigenvalue weighted by molar-refractivity contribution is -0.157. The van der Waals surface area contributed by atoms with Crippen LogP contribution in [-0.4, -0.2) is 59.2 Å². The number of anilines is 1. The van der Waals surface area contributed by atoms with Gasteiger partial charge >= 0.3 is 0 Å². The highest BCUT2D eigenvalue weighted by Crippen LogP contribution is 2.64. The molecule has 30 heavy (non-hydrogen) atoms. The highest BCUT2D eigenvalue weighted by Gasteiger charge is 2.60. The molecule has 7 heteroatoms. The van der Waals surface area contributed by atoms with Crippen molar-refractivity contribution in [1.29, 1.82) is 0 Å². The minimum absolute atomic E-state index is 0.156. The second-order valence-corrected chi connectivity index (χ2v) is 10.8. The summed E-state index contributed by atoms with van der Waals surface area (Å²) in [6.45, 7) is 2.91. The van der Waals surface area contributed by atoms with E-state index in [1.165, 1.54) is 18.6 Å². The molecule has 0 aromatic heterocycles. The molecule has 2 amide bonds. The van der Waals surface area contributed by atoms with Gasteiger partial charge < -0.3 is 10.2 Å². The third-order valence-electron chi connectivity index (χ3n) is 7.58. The van der Waals surface area contributed by atoms with E-state index in [2.05, 4.69) is 10.2 Å². The van der Waals surface area contributed by atoms with Crippen molar-refractivity contribution >= 4 is 29.1 Å². The summed E-state index contributed by atoms with van der Waals surface area (Å²) in [5, 5.41) is 2.74. The molecule has 2 atom stereocenters. The molecule has 0 radical (unpaired) electrons. The SMILES string of the molecule is O=C(CN1CCN(C(=O)C23CC4CC(CC(Cl)(C4)C2)C3)CC1)Nc1cccc(F)c1. The maximum Gasteiger partial charge on any atom is 0.238 e.